The molecule has 0 amide bonds. The summed E-state index contributed by atoms with van der Waals surface area (Å²) < 4.78 is 18.9. The molecule has 0 heterocycles. The molecule has 5 heteroatoms. The van der Waals surface area contributed by atoms with Crippen molar-refractivity contribution in [3.8, 4) is 11.5 Å². The van der Waals surface area contributed by atoms with Gasteiger partial charge in [-0.25, -0.2) is 4.39 Å². The minimum Gasteiger partial charge on any atom is -0.456 e. The number of hydrogen-bond acceptors (Lipinski definition) is 2. The highest BCUT2D eigenvalue weighted by Gasteiger charge is 2.05. The summed E-state index contributed by atoms with van der Waals surface area (Å²) in [6, 6.07) is 9.30. The number of benzene rings is 2. The lowest BCUT2D eigenvalue weighted by Crippen LogP contribution is -1.89. The van der Waals surface area contributed by atoms with E-state index in [9.17, 15) is 4.39 Å². The van der Waals surface area contributed by atoms with Crippen LogP contribution in [0.1, 0.15) is 0 Å². The van der Waals surface area contributed by atoms with Crippen molar-refractivity contribution in [2.45, 2.75) is 0 Å². The fourth-order valence-electron chi connectivity index (χ4n) is 1.27. The maximum Gasteiger partial charge on any atom is 0.146 e. The van der Waals surface area contributed by atoms with Gasteiger partial charge in [0.1, 0.15) is 17.3 Å². The Hall–Kier alpha value is -1.26. The van der Waals surface area contributed by atoms with Crippen LogP contribution < -0.4 is 10.5 Å². The van der Waals surface area contributed by atoms with Crippen LogP contribution in [0.3, 0.4) is 0 Å². The van der Waals surface area contributed by atoms with Crippen molar-refractivity contribution in [3.63, 3.8) is 0 Å². The van der Waals surface area contributed by atoms with Crippen molar-refractivity contribution in [2.75, 3.05) is 5.73 Å². The van der Waals surface area contributed by atoms with E-state index in [2.05, 4.69) is 15.9 Å². The molecule has 0 radical (unpaired) electrons. The maximum atomic E-state index is 13.0. The second-order valence-electron chi connectivity index (χ2n) is 3.37. The predicted molar refractivity (Wildman–Crippen MR) is 70.0 cm³/mol. The standard InChI is InChI=1S/C12H8BrClFNO/c13-9-6-8(2-3-11(9)15)17-12-4-1-7(16)5-10(12)14/h1-6H,16H2. The fourth-order valence-corrected chi connectivity index (χ4v) is 1.85. The number of ether oxygens (including phenoxy) is 1. The smallest absolute Gasteiger partial charge is 0.146 e. The van der Waals surface area contributed by atoms with Gasteiger partial charge in [-0.05, 0) is 52.3 Å². The van der Waals surface area contributed by atoms with Crippen molar-refractivity contribution >= 4 is 33.2 Å². The maximum absolute atomic E-state index is 13.0. The quantitative estimate of drug-likeness (QED) is 0.821. The van der Waals surface area contributed by atoms with E-state index >= 15 is 0 Å². The summed E-state index contributed by atoms with van der Waals surface area (Å²) in [5.41, 5.74) is 6.13. The second-order valence-corrected chi connectivity index (χ2v) is 4.63. The normalized spacial score (nSPS) is 10.3. The van der Waals surface area contributed by atoms with E-state index in [1.807, 2.05) is 0 Å². The third-order valence-electron chi connectivity index (χ3n) is 2.07. The average Bonchev–Trinajstić information content (AvgIpc) is 2.27. The highest BCUT2D eigenvalue weighted by molar-refractivity contribution is 9.10. The number of halogens is 3. The Balaban J connectivity index is 2.28. The fraction of sp³-hybridized carbons (Fsp3) is 0. The molecule has 17 heavy (non-hydrogen) atoms. The van der Waals surface area contributed by atoms with E-state index in [1.54, 1.807) is 18.2 Å². The molecule has 2 N–H and O–H groups in total. The summed E-state index contributed by atoms with van der Waals surface area (Å²) in [6.07, 6.45) is 0. The SMILES string of the molecule is Nc1ccc(Oc2ccc(F)c(Br)c2)c(Cl)c1. The Morgan fingerprint density at radius 2 is 1.94 bits per heavy atom. The van der Waals surface area contributed by atoms with Crippen LogP contribution >= 0.6 is 27.5 Å². The second kappa shape index (κ2) is 4.94. The van der Waals surface area contributed by atoms with Gasteiger partial charge in [-0.15, -0.1) is 0 Å². The minimum atomic E-state index is -0.347. The van der Waals surface area contributed by atoms with Gasteiger partial charge in [0.25, 0.3) is 0 Å². The van der Waals surface area contributed by atoms with Gasteiger partial charge >= 0.3 is 0 Å². The van der Waals surface area contributed by atoms with Gasteiger partial charge in [0, 0.05) is 5.69 Å². The van der Waals surface area contributed by atoms with Gasteiger partial charge in [0.15, 0.2) is 0 Å². The molecule has 2 aromatic rings. The lowest BCUT2D eigenvalue weighted by Gasteiger charge is -2.08. The Labute approximate surface area is 111 Å². The first-order chi connectivity index (χ1) is 8.06. The van der Waals surface area contributed by atoms with Gasteiger partial charge in [0.2, 0.25) is 0 Å². The highest BCUT2D eigenvalue weighted by Crippen LogP contribution is 2.32. The van der Waals surface area contributed by atoms with E-state index in [0.717, 1.165) is 0 Å². The molecule has 0 saturated carbocycles. The van der Waals surface area contributed by atoms with Crippen LogP contribution in [0.15, 0.2) is 40.9 Å². The Bertz CT molecular complexity index is 562. The average molecular weight is 317 g/mol. The molecule has 0 aromatic heterocycles. The number of nitrogens with two attached hydrogens (primary N) is 1. The van der Waals surface area contributed by atoms with Crippen LogP contribution in [0, 0.1) is 5.82 Å². The van der Waals surface area contributed by atoms with E-state index in [-0.39, 0.29) is 5.82 Å². The van der Waals surface area contributed by atoms with Gasteiger partial charge in [-0.2, -0.15) is 0 Å². The van der Waals surface area contributed by atoms with Crippen LogP contribution in [0.5, 0.6) is 11.5 Å². The molecule has 2 aromatic carbocycles. The summed E-state index contributed by atoms with van der Waals surface area (Å²) in [6.45, 7) is 0. The van der Waals surface area contributed by atoms with Crippen LogP contribution in [0.2, 0.25) is 5.02 Å². The predicted octanol–water partition coefficient (Wildman–Crippen LogP) is 4.62. The summed E-state index contributed by atoms with van der Waals surface area (Å²) in [7, 11) is 0. The number of nitrogen functional groups attached to an aromatic ring is 1. The van der Waals surface area contributed by atoms with Crippen LogP contribution in [-0.4, -0.2) is 0 Å². The molecule has 0 saturated heterocycles. The molecular weight excluding hydrogens is 308 g/mol. The van der Waals surface area contributed by atoms with Crippen molar-refractivity contribution in [1.29, 1.82) is 0 Å². The third-order valence-corrected chi connectivity index (χ3v) is 2.98. The monoisotopic (exact) mass is 315 g/mol. The Morgan fingerprint density at radius 3 is 2.59 bits per heavy atom. The van der Waals surface area contributed by atoms with Gasteiger partial charge < -0.3 is 10.5 Å². The molecule has 0 spiro atoms. The first-order valence-corrected chi connectivity index (χ1v) is 5.91. The lowest BCUT2D eigenvalue weighted by atomic mass is 10.3. The zero-order valence-electron chi connectivity index (χ0n) is 8.58. The third kappa shape index (κ3) is 2.90. The van der Waals surface area contributed by atoms with E-state index < -0.39 is 0 Å². The van der Waals surface area contributed by atoms with E-state index in [0.29, 0.717) is 26.7 Å². The molecule has 0 aliphatic rings. The molecule has 0 bridgehead atoms. The molecule has 0 atom stereocenters. The van der Waals surface area contributed by atoms with Crippen LogP contribution in [0.4, 0.5) is 10.1 Å². The van der Waals surface area contributed by atoms with Crippen LogP contribution in [-0.2, 0) is 0 Å². The van der Waals surface area contributed by atoms with Crippen molar-refractivity contribution in [1.82, 2.24) is 0 Å². The Morgan fingerprint density at radius 1 is 1.18 bits per heavy atom. The van der Waals surface area contributed by atoms with Gasteiger partial charge in [0.05, 0.1) is 9.50 Å². The minimum absolute atomic E-state index is 0.335. The number of hydrogen-bond donors (Lipinski definition) is 1. The van der Waals surface area contributed by atoms with Crippen molar-refractivity contribution < 1.29 is 9.13 Å². The number of rotatable bonds is 2. The molecule has 0 fully saturated rings. The lowest BCUT2D eigenvalue weighted by molar-refractivity contribution is 0.480. The van der Waals surface area contributed by atoms with Crippen molar-refractivity contribution in [2.24, 2.45) is 0 Å². The zero-order chi connectivity index (χ0) is 12.4. The van der Waals surface area contributed by atoms with Gasteiger partial charge in [-0.3, -0.25) is 0 Å². The summed E-state index contributed by atoms with van der Waals surface area (Å²) in [5, 5.41) is 0.408. The zero-order valence-corrected chi connectivity index (χ0v) is 10.9. The molecule has 2 nitrogen and oxygen atoms in total. The number of anilines is 1. The molecule has 0 aliphatic carbocycles. The summed E-state index contributed by atoms with van der Waals surface area (Å²) >= 11 is 9.04. The highest BCUT2D eigenvalue weighted by atomic mass is 79.9. The summed E-state index contributed by atoms with van der Waals surface area (Å²) in [4.78, 5) is 0. The van der Waals surface area contributed by atoms with Crippen molar-refractivity contribution in [3.05, 3.63) is 51.7 Å². The topological polar surface area (TPSA) is 35.2 Å². The molecule has 88 valence electrons. The van der Waals surface area contributed by atoms with E-state index in [1.165, 1.54) is 18.2 Å². The molecular formula is C12H8BrClFNO. The van der Waals surface area contributed by atoms with Crippen LogP contribution in [0.25, 0.3) is 0 Å². The largest absolute Gasteiger partial charge is 0.456 e. The van der Waals surface area contributed by atoms with E-state index in [4.69, 9.17) is 22.1 Å². The van der Waals surface area contributed by atoms with Gasteiger partial charge in [-0.1, -0.05) is 11.6 Å². The first-order valence-electron chi connectivity index (χ1n) is 4.74. The molecule has 0 unspecified atom stereocenters. The summed E-state index contributed by atoms with van der Waals surface area (Å²) in [5.74, 6) is 0.616. The molecule has 2 rings (SSSR count). The molecule has 0 aliphatic heterocycles. The Kier molecular flexibility index (Phi) is 3.54. The first kappa shape index (κ1) is 12.2.